The zero-order valence-electron chi connectivity index (χ0n) is 17.0. The summed E-state index contributed by atoms with van der Waals surface area (Å²) in [6, 6.07) is 17.0. The first kappa shape index (κ1) is 22.9. The molecule has 2 aromatic carbocycles. The first-order chi connectivity index (χ1) is 13.5. The van der Waals surface area contributed by atoms with E-state index in [1.54, 1.807) is 4.90 Å². The zero-order valence-corrected chi connectivity index (χ0v) is 17.8. The quantitative estimate of drug-likeness (QED) is 0.760. The van der Waals surface area contributed by atoms with Gasteiger partial charge in [0.2, 0.25) is 11.8 Å². The number of carbonyl (C=O) groups is 2. The second kappa shape index (κ2) is 10.4. The van der Waals surface area contributed by atoms with Crippen LogP contribution in [0.25, 0.3) is 0 Å². The average molecular weight is 416 g/mol. The van der Waals surface area contributed by atoms with Crippen LogP contribution in [0.2, 0.25) is 0 Å². The van der Waals surface area contributed by atoms with Crippen molar-refractivity contribution in [3.05, 3.63) is 71.3 Å². The van der Waals surface area contributed by atoms with Gasteiger partial charge in [0.1, 0.15) is 6.04 Å². The van der Waals surface area contributed by atoms with E-state index in [0.29, 0.717) is 25.9 Å². The van der Waals surface area contributed by atoms with Crippen LogP contribution in [0.4, 0.5) is 0 Å². The number of carbonyl (C=O) groups excluding carboxylic acids is 2. The molecule has 3 rings (SSSR count). The number of fused-ring (bicyclic) bond motifs is 1. The second-order valence-electron chi connectivity index (χ2n) is 7.87. The van der Waals surface area contributed by atoms with Crippen LogP contribution < -0.4 is 11.1 Å². The minimum absolute atomic E-state index is 0. The molecule has 2 unspecified atom stereocenters. The monoisotopic (exact) mass is 415 g/mol. The Morgan fingerprint density at radius 1 is 1.07 bits per heavy atom. The van der Waals surface area contributed by atoms with Gasteiger partial charge in [0, 0.05) is 32.0 Å². The highest BCUT2D eigenvalue weighted by Crippen LogP contribution is 2.25. The van der Waals surface area contributed by atoms with E-state index in [-0.39, 0.29) is 36.2 Å². The lowest BCUT2D eigenvalue weighted by Gasteiger charge is -2.36. The summed E-state index contributed by atoms with van der Waals surface area (Å²) in [5.74, 6) is 0.134. The topological polar surface area (TPSA) is 75.4 Å². The zero-order chi connectivity index (χ0) is 20.1. The largest absolute Gasteiger partial charge is 0.352 e. The Labute approximate surface area is 179 Å². The van der Waals surface area contributed by atoms with Gasteiger partial charge in [0.05, 0.1) is 0 Å². The van der Waals surface area contributed by atoms with Gasteiger partial charge in [0.15, 0.2) is 0 Å². The number of nitrogens with zero attached hydrogens (tertiary/aromatic N) is 1. The summed E-state index contributed by atoms with van der Waals surface area (Å²) in [6.45, 7) is 4.85. The van der Waals surface area contributed by atoms with Gasteiger partial charge in [-0.2, -0.15) is 0 Å². The van der Waals surface area contributed by atoms with Gasteiger partial charge in [-0.3, -0.25) is 9.59 Å². The molecule has 6 heteroatoms. The van der Waals surface area contributed by atoms with Crippen LogP contribution in [0.5, 0.6) is 0 Å². The number of rotatable bonds is 6. The van der Waals surface area contributed by atoms with Crippen molar-refractivity contribution in [1.82, 2.24) is 10.2 Å². The number of benzene rings is 2. The molecule has 2 amide bonds. The van der Waals surface area contributed by atoms with Crippen molar-refractivity contribution in [2.45, 2.75) is 45.3 Å². The summed E-state index contributed by atoms with van der Waals surface area (Å²) in [5, 5.41) is 2.96. The number of nitrogens with one attached hydrogen (secondary N) is 1. The lowest BCUT2D eigenvalue weighted by atomic mass is 9.92. The first-order valence-electron chi connectivity index (χ1n) is 9.90. The molecular weight excluding hydrogens is 386 g/mol. The minimum atomic E-state index is -0.496. The fraction of sp³-hybridized carbons (Fsp3) is 0.391. The van der Waals surface area contributed by atoms with Gasteiger partial charge in [-0.25, -0.2) is 0 Å². The number of hydrogen-bond donors (Lipinski definition) is 2. The van der Waals surface area contributed by atoms with E-state index in [4.69, 9.17) is 5.73 Å². The van der Waals surface area contributed by atoms with Gasteiger partial charge in [-0.1, -0.05) is 68.4 Å². The van der Waals surface area contributed by atoms with Crippen molar-refractivity contribution >= 4 is 24.2 Å². The molecule has 2 atom stereocenters. The Balaban J connectivity index is 0.00000300. The molecule has 5 nitrogen and oxygen atoms in total. The summed E-state index contributed by atoms with van der Waals surface area (Å²) >= 11 is 0. The highest BCUT2D eigenvalue weighted by Gasteiger charge is 2.34. The van der Waals surface area contributed by atoms with Crippen molar-refractivity contribution in [2.75, 3.05) is 6.54 Å². The SMILES string of the molecule is CC(C)CC(=O)N1Cc2ccccc2CC1C(=O)NCC(N)c1ccccc1.Cl. The number of nitrogens with two attached hydrogens (primary N) is 1. The predicted molar refractivity (Wildman–Crippen MR) is 118 cm³/mol. The number of amides is 2. The Bertz CT molecular complexity index is 826. The normalized spacial score (nSPS) is 16.6. The lowest BCUT2D eigenvalue weighted by Crippen LogP contribution is -2.53. The minimum Gasteiger partial charge on any atom is -0.352 e. The van der Waals surface area contributed by atoms with Gasteiger partial charge in [-0.05, 0) is 22.6 Å². The molecule has 0 saturated carbocycles. The molecule has 156 valence electrons. The maximum atomic E-state index is 13.0. The fourth-order valence-corrected chi connectivity index (χ4v) is 3.63. The Morgan fingerprint density at radius 3 is 2.34 bits per heavy atom. The second-order valence-corrected chi connectivity index (χ2v) is 7.87. The molecular formula is C23H30ClN3O2. The summed E-state index contributed by atoms with van der Waals surface area (Å²) in [5.41, 5.74) is 9.43. The molecule has 0 aromatic heterocycles. The van der Waals surface area contributed by atoms with Crippen LogP contribution in [0, 0.1) is 5.92 Å². The van der Waals surface area contributed by atoms with Gasteiger partial charge >= 0.3 is 0 Å². The van der Waals surface area contributed by atoms with Crippen molar-refractivity contribution in [3.63, 3.8) is 0 Å². The first-order valence-corrected chi connectivity index (χ1v) is 9.90. The molecule has 3 N–H and O–H groups in total. The van der Waals surface area contributed by atoms with Crippen molar-refractivity contribution < 1.29 is 9.59 Å². The number of halogens is 1. The van der Waals surface area contributed by atoms with E-state index < -0.39 is 6.04 Å². The Morgan fingerprint density at radius 2 is 1.69 bits per heavy atom. The molecule has 1 aliphatic heterocycles. The van der Waals surface area contributed by atoms with Gasteiger partial charge in [0.25, 0.3) is 0 Å². The lowest BCUT2D eigenvalue weighted by molar-refractivity contribution is -0.142. The smallest absolute Gasteiger partial charge is 0.243 e. The molecule has 1 aliphatic rings. The average Bonchev–Trinajstić information content (AvgIpc) is 2.70. The molecule has 2 aromatic rings. The van der Waals surface area contributed by atoms with Gasteiger partial charge < -0.3 is 16.0 Å². The molecule has 0 saturated heterocycles. The molecule has 0 radical (unpaired) electrons. The van der Waals surface area contributed by atoms with Crippen LogP contribution in [0.3, 0.4) is 0 Å². The van der Waals surface area contributed by atoms with E-state index in [0.717, 1.165) is 16.7 Å². The molecule has 0 bridgehead atoms. The maximum absolute atomic E-state index is 13.0. The highest BCUT2D eigenvalue weighted by atomic mass is 35.5. The molecule has 29 heavy (non-hydrogen) atoms. The third-order valence-electron chi connectivity index (χ3n) is 5.18. The van der Waals surface area contributed by atoms with Crippen molar-refractivity contribution in [1.29, 1.82) is 0 Å². The summed E-state index contributed by atoms with van der Waals surface area (Å²) in [7, 11) is 0. The summed E-state index contributed by atoms with van der Waals surface area (Å²) in [4.78, 5) is 27.5. The van der Waals surface area contributed by atoms with E-state index in [1.165, 1.54) is 0 Å². The third kappa shape index (κ3) is 5.81. The Hall–Kier alpha value is -2.37. The molecule has 0 aliphatic carbocycles. The van der Waals surface area contributed by atoms with Crippen molar-refractivity contribution in [2.24, 2.45) is 11.7 Å². The van der Waals surface area contributed by atoms with Crippen LogP contribution in [-0.4, -0.2) is 29.3 Å². The number of hydrogen-bond acceptors (Lipinski definition) is 3. The summed E-state index contributed by atoms with van der Waals surface area (Å²) < 4.78 is 0. The molecule has 0 fully saturated rings. The third-order valence-corrected chi connectivity index (χ3v) is 5.18. The van der Waals surface area contributed by atoms with Crippen LogP contribution in [0.1, 0.15) is 43.0 Å². The van der Waals surface area contributed by atoms with E-state index in [2.05, 4.69) is 5.32 Å². The fourth-order valence-electron chi connectivity index (χ4n) is 3.63. The van der Waals surface area contributed by atoms with E-state index in [1.807, 2.05) is 68.4 Å². The van der Waals surface area contributed by atoms with Crippen LogP contribution in [-0.2, 0) is 22.6 Å². The maximum Gasteiger partial charge on any atom is 0.243 e. The van der Waals surface area contributed by atoms with E-state index >= 15 is 0 Å². The predicted octanol–water partition coefficient (Wildman–Crippen LogP) is 3.22. The summed E-state index contributed by atoms with van der Waals surface area (Å²) in [6.07, 6.45) is 0.974. The molecule has 0 spiro atoms. The van der Waals surface area contributed by atoms with Crippen molar-refractivity contribution in [3.8, 4) is 0 Å². The molecule has 1 heterocycles. The standard InChI is InChI=1S/C23H29N3O2.ClH/c1-16(2)12-22(27)26-15-19-11-7-6-10-18(19)13-21(26)23(28)25-14-20(24)17-8-4-3-5-9-17;/h3-11,16,20-21H,12-15,24H2,1-2H3,(H,25,28);1H. The van der Waals surface area contributed by atoms with Crippen LogP contribution in [0.15, 0.2) is 54.6 Å². The van der Waals surface area contributed by atoms with Crippen LogP contribution >= 0.6 is 12.4 Å². The Kier molecular flexibility index (Phi) is 8.23. The van der Waals surface area contributed by atoms with Gasteiger partial charge in [-0.15, -0.1) is 12.4 Å². The highest BCUT2D eigenvalue weighted by molar-refractivity contribution is 5.88. The van der Waals surface area contributed by atoms with E-state index in [9.17, 15) is 9.59 Å².